The van der Waals surface area contributed by atoms with Crippen LogP contribution in [0.2, 0.25) is 5.02 Å². The Morgan fingerprint density at radius 2 is 2.33 bits per heavy atom. The van der Waals surface area contributed by atoms with Gasteiger partial charge in [-0.3, -0.25) is 4.90 Å². The van der Waals surface area contributed by atoms with E-state index in [0.717, 1.165) is 18.1 Å². The van der Waals surface area contributed by atoms with Crippen LogP contribution in [0.5, 0.6) is 0 Å². The summed E-state index contributed by atoms with van der Waals surface area (Å²) in [4.78, 5) is 3.15. The van der Waals surface area contributed by atoms with Gasteiger partial charge in [-0.2, -0.15) is 0 Å². The van der Waals surface area contributed by atoms with Gasteiger partial charge in [-0.15, -0.1) is 0 Å². The number of halogens is 2. The molecule has 2 rings (SSSR count). The molecule has 1 saturated heterocycles. The first-order valence-electron chi connectivity index (χ1n) is 5.26. The summed E-state index contributed by atoms with van der Waals surface area (Å²) < 4.78 is 0. The smallest absolute Gasteiger partial charge is 0.0435 e. The molecular weight excluding hydrogens is 273 g/mol. The van der Waals surface area contributed by atoms with Crippen molar-refractivity contribution in [1.29, 1.82) is 0 Å². The van der Waals surface area contributed by atoms with Gasteiger partial charge in [0.1, 0.15) is 0 Å². The molecule has 1 aliphatic heterocycles. The van der Waals surface area contributed by atoms with Crippen LogP contribution >= 0.6 is 27.5 Å². The lowest BCUT2D eigenvalue weighted by atomic mass is 10.1. The SMILES string of the molecule is Cc1cc(CN2CCC(Br)C2)ccc1Cl. The van der Waals surface area contributed by atoms with Crippen molar-refractivity contribution >= 4 is 27.5 Å². The summed E-state index contributed by atoms with van der Waals surface area (Å²) in [7, 11) is 0. The third kappa shape index (κ3) is 2.96. The van der Waals surface area contributed by atoms with Crippen LogP contribution < -0.4 is 0 Å². The van der Waals surface area contributed by atoms with E-state index in [1.165, 1.54) is 24.1 Å². The number of nitrogens with zero attached hydrogens (tertiary/aromatic N) is 1. The first-order chi connectivity index (χ1) is 7.15. The number of benzene rings is 1. The first kappa shape index (κ1) is 11.4. The number of aryl methyl sites for hydroxylation is 1. The Morgan fingerprint density at radius 1 is 1.53 bits per heavy atom. The average Bonchev–Trinajstić information content (AvgIpc) is 2.58. The molecule has 0 N–H and O–H groups in total. The van der Waals surface area contributed by atoms with Crippen molar-refractivity contribution in [2.75, 3.05) is 13.1 Å². The highest BCUT2D eigenvalue weighted by molar-refractivity contribution is 9.09. The molecule has 3 heteroatoms. The quantitative estimate of drug-likeness (QED) is 0.751. The summed E-state index contributed by atoms with van der Waals surface area (Å²) in [6, 6.07) is 6.30. The fraction of sp³-hybridized carbons (Fsp3) is 0.500. The molecule has 1 aromatic rings. The highest BCUT2D eigenvalue weighted by Crippen LogP contribution is 2.21. The second-order valence-electron chi connectivity index (χ2n) is 4.20. The molecule has 0 radical (unpaired) electrons. The second kappa shape index (κ2) is 4.86. The molecule has 1 unspecified atom stereocenters. The van der Waals surface area contributed by atoms with Gasteiger partial charge < -0.3 is 0 Å². The van der Waals surface area contributed by atoms with E-state index in [2.05, 4.69) is 39.9 Å². The summed E-state index contributed by atoms with van der Waals surface area (Å²) in [5, 5.41) is 0.860. The van der Waals surface area contributed by atoms with Crippen molar-refractivity contribution in [2.45, 2.75) is 24.7 Å². The molecule has 1 aromatic carbocycles. The van der Waals surface area contributed by atoms with E-state index in [9.17, 15) is 0 Å². The predicted molar refractivity (Wildman–Crippen MR) is 68.8 cm³/mol. The molecule has 0 bridgehead atoms. The van der Waals surface area contributed by atoms with Crippen LogP contribution in [0.25, 0.3) is 0 Å². The molecule has 15 heavy (non-hydrogen) atoms. The normalized spacial score (nSPS) is 22.2. The Morgan fingerprint density at radius 3 is 2.93 bits per heavy atom. The largest absolute Gasteiger partial charge is 0.298 e. The van der Waals surface area contributed by atoms with Gasteiger partial charge in [-0.05, 0) is 37.1 Å². The third-order valence-electron chi connectivity index (χ3n) is 2.84. The Hall–Kier alpha value is -0.0500. The van der Waals surface area contributed by atoms with Crippen molar-refractivity contribution in [3.8, 4) is 0 Å². The molecule has 1 heterocycles. The number of rotatable bonds is 2. The second-order valence-corrected chi connectivity index (χ2v) is 5.91. The number of likely N-dealkylation sites (tertiary alicyclic amines) is 1. The van der Waals surface area contributed by atoms with Crippen molar-refractivity contribution < 1.29 is 0 Å². The zero-order valence-corrected chi connectivity index (χ0v) is 11.2. The number of hydrogen-bond acceptors (Lipinski definition) is 1. The highest BCUT2D eigenvalue weighted by Gasteiger charge is 2.19. The van der Waals surface area contributed by atoms with Gasteiger partial charge in [0.25, 0.3) is 0 Å². The van der Waals surface area contributed by atoms with Gasteiger partial charge in [-0.25, -0.2) is 0 Å². The van der Waals surface area contributed by atoms with Gasteiger partial charge in [-0.1, -0.05) is 39.7 Å². The Balaban J connectivity index is 2.02. The fourth-order valence-electron chi connectivity index (χ4n) is 1.99. The Kier molecular flexibility index (Phi) is 3.70. The summed E-state index contributed by atoms with van der Waals surface area (Å²) >= 11 is 9.65. The monoisotopic (exact) mass is 287 g/mol. The standard InChI is InChI=1S/C12H15BrClN/c1-9-6-10(2-3-12(9)14)7-15-5-4-11(13)8-15/h2-3,6,11H,4-5,7-8H2,1H3. The van der Waals surface area contributed by atoms with Gasteiger partial charge >= 0.3 is 0 Å². The van der Waals surface area contributed by atoms with E-state index in [0.29, 0.717) is 4.83 Å². The van der Waals surface area contributed by atoms with Gasteiger partial charge in [0.15, 0.2) is 0 Å². The van der Waals surface area contributed by atoms with Gasteiger partial charge in [0.2, 0.25) is 0 Å². The van der Waals surface area contributed by atoms with Crippen molar-refractivity contribution in [3.05, 3.63) is 34.3 Å². The minimum atomic E-state index is 0.672. The van der Waals surface area contributed by atoms with Crippen LogP contribution in [0.3, 0.4) is 0 Å². The molecule has 1 aliphatic rings. The molecule has 0 aromatic heterocycles. The predicted octanol–water partition coefficient (Wildman–Crippen LogP) is 3.62. The van der Waals surface area contributed by atoms with Crippen LogP contribution in [0.1, 0.15) is 17.5 Å². The average molecular weight is 289 g/mol. The minimum absolute atomic E-state index is 0.672. The Bertz CT molecular complexity index is 353. The first-order valence-corrected chi connectivity index (χ1v) is 6.56. The zero-order valence-electron chi connectivity index (χ0n) is 8.84. The molecule has 82 valence electrons. The van der Waals surface area contributed by atoms with Crippen molar-refractivity contribution in [2.24, 2.45) is 0 Å². The van der Waals surface area contributed by atoms with Crippen LogP contribution in [-0.2, 0) is 6.54 Å². The summed E-state index contributed by atoms with van der Waals surface area (Å²) in [5.41, 5.74) is 2.53. The maximum atomic E-state index is 6.00. The minimum Gasteiger partial charge on any atom is -0.298 e. The summed E-state index contributed by atoms with van der Waals surface area (Å²) in [6.07, 6.45) is 1.26. The molecule has 1 atom stereocenters. The van der Waals surface area contributed by atoms with Crippen LogP contribution in [0, 0.1) is 6.92 Å². The van der Waals surface area contributed by atoms with Gasteiger partial charge in [0, 0.05) is 22.9 Å². The van der Waals surface area contributed by atoms with Crippen LogP contribution in [0.4, 0.5) is 0 Å². The van der Waals surface area contributed by atoms with E-state index >= 15 is 0 Å². The summed E-state index contributed by atoms with van der Waals surface area (Å²) in [5.74, 6) is 0. The van der Waals surface area contributed by atoms with E-state index in [1.54, 1.807) is 0 Å². The van der Waals surface area contributed by atoms with E-state index in [-0.39, 0.29) is 0 Å². The molecule has 0 aliphatic carbocycles. The number of alkyl halides is 1. The molecule has 0 saturated carbocycles. The fourth-order valence-corrected chi connectivity index (χ4v) is 2.72. The molecule has 1 fully saturated rings. The summed E-state index contributed by atoms with van der Waals surface area (Å²) in [6.45, 7) is 5.45. The van der Waals surface area contributed by atoms with Gasteiger partial charge in [0.05, 0.1) is 0 Å². The lowest BCUT2D eigenvalue weighted by Crippen LogP contribution is -2.20. The molecular formula is C12H15BrClN. The maximum absolute atomic E-state index is 6.00. The zero-order chi connectivity index (χ0) is 10.8. The van der Waals surface area contributed by atoms with Crippen LogP contribution in [-0.4, -0.2) is 22.8 Å². The van der Waals surface area contributed by atoms with E-state index in [4.69, 9.17) is 11.6 Å². The topological polar surface area (TPSA) is 3.24 Å². The molecule has 0 spiro atoms. The molecule has 1 nitrogen and oxygen atoms in total. The van der Waals surface area contributed by atoms with Crippen LogP contribution in [0.15, 0.2) is 18.2 Å². The van der Waals surface area contributed by atoms with E-state index in [1.807, 2.05) is 6.07 Å². The lowest BCUT2D eigenvalue weighted by molar-refractivity contribution is 0.332. The maximum Gasteiger partial charge on any atom is 0.0435 e. The van der Waals surface area contributed by atoms with E-state index < -0.39 is 0 Å². The lowest BCUT2D eigenvalue weighted by Gasteiger charge is -2.15. The third-order valence-corrected chi connectivity index (χ3v) is 4.01. The van der Waals surface area contributed by atoms with Crippen molar-refractivity contribution in [1.82, 2.24) is 4.90 Å². The highest BCUT2D eigenvalue weighted by atomic mass is 79.9. The number of hydrogen-bond donors (Lipinski definition) is 0. The molecule has 0 amide bonds. The van der Waals surface area contributed by atoms with Crippen molar-refractivity contribution in [3.63, 3.8) is 0 Å². The Labute approximate surface area is 105 Å².